The zero-order valence-corrected chi connectivity index (χ0v) is 17.6. The third-order valence-corrected chi connectivity index (χ3v) is 5.35. The average Bonchev–Trinajstić information content (AvgIpc) is 3.09. The molecule has 0 atom stereocenters. The first-order chi connectivity index (χ1) is 15.9. The molecular weight excluding hydrogens is 426 g/mol. The quantitative estimate of drug-likeness (QED) is 0.313. The van der Waals surface area contributed by atoms with Crippen LogP contribution >= 0.6 is 0 Å². The maximum Gasteiger partial charge on any atom is 0.270 e. The molecule has 0 unspecified atom stereocenters. The van der Waals surface area contributed by atoms with Crippen LogP contribution in [0.15, 0.2) is 72.8 Å². The van der Waals surface area contributed by atoms with Crippen LogP contribution < -0.4 is 9.64 Å². The van der Waals surface area contributed by atoms with E-state index in [1.807, 2.05) is 0 Å². The van der Waals surface area contributed by atoms with Gasteiger partial charge in [-0.2, -0.15) is 0 Å². The number of hydrogen-bond acceptors (Lipinski definition) is 6. The minimum atomic E-state index is -0.580. The highest BCUT2D eigenvalue weighted by atomic mass is 16.6. The number of nitrogens with zero attached hydrogens (tertiary/aromatic N) is 3. The number of imide groups is 1. The van der Waals surface area contributed by atoms with Crippen molar-refractivity contribution in [2.75, 3.05) is 25.1 Å². The summed E-state index contributed by atoms with van der Waals surface area (Å²) in [7, 11) is 1.46. The van der Waals surface area contributed by atoms with E-state index < -0.39 is 22.6 Å². The molecule has 0 saturated heterocycles. The Morgan fingerprint density at radius 1 is 0.970 bits per heavy atom. The highest BCUT2D eigenvalue weighted by Crippen LogP contribution is 2.30. The molecule has 9 nitrogen and oxygen atoms in total. The number of nitro benzene ring substituents is 1. The number of nitro groups is 1. The summed E-state index contributed by atoms with van der Waals surface area (Å²) >= 11 is 0. The number of anilines is 1. The fourth-order valence-electron chi connectivity index (χ4n) is 3.73. The maximum absolute atomic E-state index is 13.4. The standard InChI is InChI=1S/C24H19N3O6/c1-33-21-12-5-4-11-20(21)25(22(28)16-7-6-8-17(15-16)27(31)32)13-14-26-23(29)18-9-2-3-10-19(18)24(26)30/h2-12,15H,13-14H2,1H3. The summed E-state index contributed by atoms with van der Waals surface area (Å²) in [5.74, 6) is -0.991. The number of non-ortho nitro benzene ring substituents is 1. The molecule has 0 aliphatic carbocycles. The van der Waals surface area contributed by atoms with Gasteiger partial charge in [0, 0.05) is 30.8 Å². The molecular formula is C24H19N3O6. The Hall–Kier alpha value is -4.53. The van der Waals surface area contributed by atoms with E-state index >= 15 is 0 Å². The second kappa shape index (κ2) is 8.91. The van der Waals surface area contributed by atoms with Gasteiger partial charge in [-0.25, -0.2) is 0 Å². The second-order valence-corrected chi connectivity index (χ2v) is 7.24. The first kappa shape index (κ1) is 21.7. The van der Waals surface area contributed by atoms with Crippen LogP contribution in [-0.4, -0.2) is 47.7 Å². The third-order valence-electron chi connectivity index (χ3n) is 5.35. The van der Waals surface area contributed by atoms with Gasteiger partial charge in [0.2, 0.25) is 0 Å². The number of carbonyl (C=O) groups excluding carboxylic acids is 3. The van der Waals surface area contributed by atoms with Gasteiger partial charge in [0.1, 0.15) is 5.75 Å². The highest BCUT2D eigenvalue weighted by Gasteiger charge is 2.35. The Labute approximate surface area is 189 Å². The molecule has 0 aromatic heterocycles. The molecule has 4 rings (SSSR count). The summed E-state index contributed by atoms with van der Waals surface area (Å²) < 4.78 is 5.39. The average molecular weight is 445 g/mol. The van der Waals surface area contributed by atoms with E-state index in [1.54, 1.807) is 48.5 Å². The molecule has 166 valence electrons. The van der Waals surface area contributed by atoms with Crippen LogP contribution in [0.3, 0.4) is 0 Å². The van der Waals surface area contributed by atoms with Crippen molar-refractivity contribution < 1.29 is 24.0 Å². The van der Waals surface area contributed by atoms with E-state index in [0.717, 1.165) is 4.90 Å². The molecule has 1 heterocycles. The number of rotatable bonds is 7. The molecule has 1 aliphatic heterocycles. The van der Waals surface area contributed by atoms with Crippen LogP contribution in [-0.2, 0) is 0 Å². The minimum absolute atomic E-state index is 0.0344. The summed E-state index contributed by atoms with van der Waals surface area (Å²) in [6.07, 6.45) is 0. The molecule has 33 heavy (non-hydrogen) atoms. The van der Waals surface area contributed by atoms with E-state index in [4.69, 9.17) is 4.74 Å². The van der Waals surface area contributed by atoms with Gasteiger partial charge in [0.15, 0.2) is 0 Å². The van der Waals surface area contributed by atoms with Crippen molar-refractivity contribution in [3.8, 4) is 5.75 Å². The van der Waals surface area contributed by atoms with Crippen molar-refractivity contribution in [3.05, 3.63) is 99.6 Å². The Bertz CT molecular complexity index is 1240. The van der Waals surface area contributed by atoms with Crippen molar-refractivity contribution >= 4 is 29.1 Å². The zero-order chi connectivity index (χ0) is 23.5. The summed E-state index contributed by atoms with van der Waals surface area (Å²) in [6.45, 7) is -0.0988. The number of amides is 3. The third kappa shape index (κ3) is 4.03. The molecule has 0 bridgehead atoms. The normalized spacial score (nSPS) is 12.5. The van der Waals surface area contributed by atoms with Gasteiger partial charge in [0.05, 0.1) is 28.8 Å². The predicted octanol–water partition coefficient (Wildman–Crippen LogP) is 3.55. The summed E-state index contributed by atoms with van der Waals surface area (Å²) in [5, 5.41) is 11.2. The van der Waals surface area contributed by atoms with Crippen LogP contribution in [0.1, 0.15) is 31.1 Å². The molecule has 0 radical (unpaired) electrons. The number of fused-ring (bicyclic) bond motifs is 1. The van der Waals surface area contributed by atoms with Crippen LogP contribution in [0, 0.1) is 10.1 Å². The van der Waals surface area contributed by atoms with Crippen molar-refractivity contribution in [1.82, 2.24) is 4.90 Å². The van der Waals surface area contributed by atoms with Gasteiger partial charge in [-0.3, -0.25) is 29.4 Å². The van der Waals surface area contributed by atoms with E-state index in [-0.39, 0.29) is 24.3 Å². The molecule has 3 aromatic rings. The smallest absolute Gasteiger partial charge is 0.270 e. The van der Waals surface area contributed by atoms with Gasteiger partial charge in [-0.15, -0.1) is 0 Å². The maximum atomic E-state index is 13.4. The van der Waals surface area contributed by atoms with Gasteiger partial charge >= 0.3 is 0 Å². The largest absolute Gasteiger partial charge is 0.495 e. The summed E-state index contributed by atoms with van der Waals surface area (Å²) in [4.78, 5) is 51.9. The van der Waals surface area contributed by atoms with Crippen LogP contribution in [0.25, 0.3) is 0 Å². The topological polar surface area (TPSA) is 110 Å². The lowest BCUT2D eigenvalue weighted by molar-refractivity contribution is -0.384. The first-order valence-electron chi connectivity index (χ1n) is 10.1. The van der Waals surface area contributed by atoms with Gasteiger partial charge in [-0.05, 0) is 30.3 Å². The molecule has 0 fully saturated rings. The van der Waals surface area contributed by atoms with Crippen LogP contribution in [0.4, 0.5) is 11.4 Å². The first-order valence-corrected chi connectivity index (χ1v) is 10.1. The van der Waals surface area contributed by atoms with E-state index in [0.29, 0.717) is 22.6 Å². The van der Waals surface area contributed by atoms with Gasteiger partial charge in [-0.1, -0.05) is 30.3 Å². The number of ether oxygens (including phenoxy) is 1. The van der Waals surface area contributed by atoms with Crippen molar-refractivity contribution in [3.63, 3.8) is 0 Å². The fraction of sp³-hybridized carbons (Fsp3) is 0.125. The Morgan fingerprint density at radius 3 is 2.24 bits per heavy atom. The summed E-state index contributed by atoms with van der Waals surface area (Å²) in [6, 6.07) is 18.7. The molecule has 0 saturated carbocycles. The number of carbonyl (C=O) groups is 3. The monoisotopic (exact) mass is 445 g/mol. The van der Waals surface area contributed by atoms with Crippen molar-refractivity contribution in [2.45, 2.75) is 0 Å². The Balaban J connectivity index is 1.67. The van der Waals surface area contributed by atoms with Crippen LogP contribution in [0.2, 0.25) is 0 Å². The number of methoxy groups -OCH3 is 1. The molecule has 3 amide bonds. The number of benzene rings is 3. The van der Waals surface area contributed by atoms with Crippen molar-refractivity contribution in [1.29, 1.82) is 0 Å². The molecule has 3 aromatic carbocycles. The number of hydrogen-bond donors (Lipinski definition) is 0. The molecule has 1 aliphatic rings. The van der Waals surface area contributed by atoms with E-state index in [2.05, 4.69) is 0 Å². The highest BCUT2D eigenvalue weighted by molar-refractivity contribution is 6.21. The lowest BCUT2D eigenvalue weighted by atomic mass is 10.1. The SMILES string of the molecule is COc1ccccc1N(CCN1C(=O)c2ccccc2C1=O)C(=O)c1cccc([N+](=O)[O-])c1. The minimum Gasteiger partial charge on any atom is -0.495 e. The van der Waals surface area contributed by atoms with Gasteiger partial charge in [0.25, 0.3) is 23.4 Å². The Morgan fingerprint density at radius 2 is 1.61 bits per heavy atom. The second-order valence-electron chi connectivity index (χ2n) is 7.24. The van der Waals surface area contributed by atoms with Crippen LogP contribution in [0.5, 0.6) is 5.75 Å². The van der Waals surface area contributed by atoms with Crippen molar-refractivity contribution in [2.24, 2.45) is 0 Å². The Kier molecular flexibility index (Phi) is 5.86. The molecule has 9 heteroatoms. The predicted molar refractivity (Wildman–Crippen MR) is 120 cm³/mol. The molecule has 0 N–H and O–H groups in total. The van der Waals surface area contributed by atoms with Gasteiger partial charge < -0.3 is 9.64 Å². The number of para-hydroxylation sites is 2. The van der Waals surface area contributed by atoms with E-state index in [1.165, 1.54) is 36.3 Å². The molecule has 0 spiro atoms. The lowest BCUT2D eigenvalue weighted by Gasteiger charge is -2.26. The fourth-order valence-corrected chi connectivity index (χ4v) is 3.73. The lowest BCUT2D eigenvalue weighted by Crippen LogP contribution is -2.41. The summed E-state index contributed by atoms with van der Waals surface area (Å²) in [5.41, 5.74) is 0.916. The van der Waals surface area contributed by atoms with E-state index in [9.17, 15) is 24.5 Å². The zero-order valence-electron chi connectivity index (χ0n) is 17.6.